The Bertz CT molecular complexity index is 351. The minimum Gasteiger partial charge on any atom is -0.346 e. The normalized spacial score (nSPS) is 12.6. The zero-order valence-electron chi connectivity index (χ0n) is 9.40. The van der Waals surface area contributed by atoms with E-state index in [9.17, 15) is 9.18 Å². The Labute approximate surface area is 94.1 Å². The number of nitrogens with two attached hydrogens (primary N) is 1. The minimum absolute atomic E-state index is 0.0978. The molecule has 1 amide bonds. The molecule has 1 aromatic heterocycles. The SMILES string of the molecule is CC(C)C(CN)NC(=O)c1ccc(F)cn1. The Morgan fingerprint density at radius 3 is 2.69 bits per heavy atom. The molecule has 0 saturated heterocycles. The van der Waals surface area contributed by atoms with E-state index in [2.05, 4.69) is 10.3 Å². The molecule has 0 saturated carbocycles. The van der Waals surface area contributed by atoms with Gasteiger partial charge in [-0.05, 0) is 18.1 Å². The number of pyridine rings is 1. The maximum atomic E-state index is 12.6. The first-order valence-corrected chi connectivity index (χ1v) is 5.17. The lowest BCUT2D eigenvalue weighted by Gasteiger charge is -2.20. The molecule has 4 nitrogen and oxygen atoms in total. The second-order valence-corrected chi connectivity index (χ2v) is 3.92. The van der Waals surface area contributed by atoms with Crippen molar-refractivity contribution < 1.29 is 9.18 Å². The van der Waals surface area contributed by atoms with Crippen molar-refractivity contribution in [3.63, 3.8) is 0 Å². The maximum absolute atomic E-state index is 12.6. The van der Waals surface area contributed by atoms with Crippen LogP contribution in [0, 0.1) is 11.7 Å². The van der Waals surface area contributed by atoms with Crippen molar-refractivity contribution in [1.29, 1.82) is 0 Å². The van der Waals surface area contributed by atoms with Gasteiger partial charge in [-0.25, -0.2) is 9.37 Å². The topological polar surface area (TPSA) is 68.0 Å². The first kappa shape index (κ1) is 12.6. The summed E-state index contributed by atoms with van der Waals surface area (Å²) in [6, 6.07) is 2.45. The van der Waals surface area contributed by atoms with Gasteiger partial charge in [-0.3, -0.25) is 4.79 Å². The fourth-order valence-corrected chi connectivity index (χ4v) is 1.25. The van der Waals surface area contributed by atoms with Crippen molar-refractivity contribution in [3.05, 3.63) is 29.8 Å². The summed E-state index contributed by atoms with van der Waals surface area (Å²) in [7, 11) is 0. The van der Waals surface area contributed by atoms with Crippen LogP contribution in [0.2, 0.25) is 0 Å². The van der Waals surface area contributed by atoms with Crippen LogP contribution in [-0.4, -0.2) is 23.5 Å². The van der Waals surface area contributed by atoms with Crippen molar-refractivity contribution in [2.75, 3.05) is 6.54 Å². The maximum Gasteiger partial charge on any atom is 0.270 e. The van der Waals surface area contributed by atoms with Crippen molar-refractivity contribution >= 4 is 5.91 Å². The third-order valence-corrected chi connectivity index (χ3v) is 2.34. The Morgan fingerprint density at radius 2 is 2.25 bits per heavy atom. The summed E-state index contributed by atoms with van der Waals surface area (Å²) in [6.45, 7) is 4.30. The highest BCUT2D eigenvalue weighted by Gasteiger charge is 2.16. The molecule has 16 heavy (non-hydrogen) atoms. The van der Waals surface area contributed by atoms with E-state index in [0.717, 1.165) is 6.20 Å². The van der Waals surface area contributed by atoms with Gasteiger partial charge < -0.3 is 11.1 Å². The van der Waals surface area contributed by atoms with Gasteiger partial charge in [0.1, 0.15) is 11.5 Å². The third kappa shape index (κ3) is 3.27. The molecule has 0 fully saturated rings. The highest BCUT2D eigenvalue weighted by molar-refractivity contribution is 5.92. The van der Waals surface area contributed by atoms with Crippen LogP contribution in [0.25, 0.3) is 0 Å². The number of rotatable bonds is 4. The molecule has 0 aliphatic rings. The quantitative estimate of drug-likeness (QED) is 0.801. The van der Waals surface area contributed by atoms with Gasteiger partial charge in [0.25, 0.3) is 5.91 Å². The molecule has 1 aromatic rings. The van der Waals surface area contributed by atoms with Crippen LogP contribution in [0.15, 0.2) is 18.3 Å². The fraction of sp³-hybridized carbons (Fsp3) is 0.455. The van der Waals surface area contributed by atoms with E-state index in [0.29, 0.717) is 6.54 Å². The zero-order valence-corrected chi connectivity index (χ0v) is 9.40. The molecule has 0 aromatic carbocycles. The highest BCUT2D eigenvalue weighted by Crippen LogP contribution is 2.02. The van der Waals surface area contributed by atoms with Crippen molar-refractivity contribution in [3.8, 4) is 0 Å². The van der Waals surface area contributed by atoms with Gasteiger partial charge >= 0.3 is 0 Å². The molecule has 0 radical (unpaired) electrons. The van der Waals surface area contributed by atoms with E-state index in [1.54, 1.807) is 0 Å². The van der Waals surface area contributed by atoms with Crippen LogP contribution in [0.1, 0.15) is 24.3 Å². The fourth-order valence-electron chi connectivity index (χ4n) is 1.25. The van der Waals surface area contributed by atoms with Gasteiger partial charge in [0.05, 0.1) is 6.20 Å². The van der Waals surface area contributed by atoms with E-state index >= 15 is 0 Å². The van der Waals surface area contributed by atoms with Gasteiger partial charge in [0, 0.05) is 12.6 Å². The van der Waals surface area contributed by atoms with Gasteiger partial charge in [-0.1, -0.05) is 13.8 Å². The molecule has 1 rings (SSSR count). The lowest BCUT2D eigenvalue weighted by molar-refractivity contribution is 0.0922. The molecule has 88 valence electrons. The zero-order chi connectivity index (χ0) is 12.1. The molecule has 0 aliphatic heterocycles. The standard InChI is InChI=1S/C11H16FN3O/c1-7(2)10(5-13)15-11(16)9-4-3-8(12)6-14-9/h3-4,6-7,10H,5,13H2,1-2H3,(H,15,16). The Hall–Kier alpha value is -1.49. The summed E-state index contributed by atoms with van der Waals surface area (Å²) < 4.78 is 12.6. The third-order valence-electron chi connectivity index (χ3n) is 2.34. The Kier molecular flexibility index (Phi) is 4.37. The van der Waals surface area contributed by atoms with E-state index < -0.39 is 5.82 Å². The summed E-state index contributed by atoms with van der Waals surface area (Å²) in [4.78, 5) is 15.4. The molecule has 0 aliphatic carbocycles. The van der Waals surface area contributed by atoms with E-state index in [4.69, 9.17) is 5.73 Å². The molecule has 1 atom stereocenters. The van der Waals surface area contributed by atoms with Crippen molar-refractivity contribution in [2.24, 2.45) is 11.7 Å². The number of aromatic nitrogens is 1. The molecule has 5 heteroatoms. The van der Waals surface area contributed by atoms with Crippen LogP contribution in [0.4, 0.5) is 4.39 Å². The second-order valence-electron chi connectivity index (χ2n) is 3.92. The smallest absolute Gasteiger partial charge is 0.270 e. The number of hydrogen-bond donors (Lipinski definition) is 2. The molecule has 0 bridgehead atoms. The van der Waals surface area contributed by atoms with Gasteiger partial charge in [0.2, 0.25) is 0 Å². The number of carbonyl (C=O) groups excluding carboxylic acids is 1. The molecular formula is C11H16FN3O. The van der Waals surface area contributed by atoms with Crippen molar-refractivity contribution in [1.82, 2.24) is 10.3 Å². The molecule has 1 heterocycles. The lowest BCUT2D eigenvalue weighted by atomic mass is 10.0. The van der Waals surface area contributed by atoms with Crippen LogP contribution in [-0.2, 0) is 0 Å². The van der Waals surface area contributed by atoms with E-state index in [-0.39, 0.29) is 23.6 Å². The average molecular weight is 225 g/mol. The van der Waals surface area contributed by atoms with Crippen LogP contribution in [0.3, 0.4) is 0 Å². The highest BCUT2D eigenvalue weighted by atomic mass is 19.1. The number of carbonyl (C=O) groups is 1. The second kappa shape index (κ2) is 5.55. The Balaban J connectivity index is 2.68. The molecule has 3 N–H and O–H groups in total. The largest absolute Gasteiger partial charge is 0.346 e. The summed E-state index contributed by atoms with van der Waals surface area (Å²) in [5, 5.41) is 2.75. The van der Waals surface area contributed by atoms with E-state index in [1.807, 2.05) is 13.8 Å². The summed E-state index contributed by atoms with van der Waals surface area (Å²) in [5.41, 5.74) is 5.72. The Morgan fingerprint density at radius 1 is 1.56 bits per heavy atom. The van der Waals surface area contributed by atoms with Gasteiger partial charge in [0.15, 0.2) is 0 Å². The van der Waals surface area contributed by atoms with Crippen molar-refractivity contribution in [2.45, 2.75) is 19.9 Å². The van der Waals surface area contributed by atoms with Crippen LogP contribution in [0.5, 0.6) is 0 Å². The van der Waals surface area contributed by atoms with Crippen LogP contribution < -0.4 is 11.1 Å². The van der Waals surface area contributed by atoms with Crippen LogP contribution >= 0.6 is 0 Å². The lowest BCUT2D eigenvalue weighted by Crippen LogP contribution is -2.43. The first-order valence-electron chi connectivity index (χ1n) is 5.17. The van der Waals surface area contributed by atoms with Gasteiger partial charge in [-0.15, -0.1) is 0 Å². The average Bonchev–Trinajstić information content (AvgIpc) is 2.26. The number of nitrogens with one attached hydrogen (secondary N) is 1. The summed E-state index contributed by atoms with van der Waals surface area (Å²) in [6.07, 6.45) is 1.02. The molecule has 0 spiro atoms. The summed E-state index contributed by atoms with van der Waals surface area (Å²) >= 11 is 0. The number of halogens is 1. The number of amides is 1. The predicted octanol–water partition coefficient (Wildman–Crippen LogP) is 0.934. The minimum atomic E-state index is -0.462. The molecular weight excluding hydrogens is 209 g/mol. The number of hydrogen-bond acceptors (Lipinski definition) is 3. The predicted molar refractivity (Wildman–Crippen MR) is 59.3 cm³/mol. The summed E-state index contributed by atoms with van der Waals surface area (Å²) in [5.74, 6) is -0.547. The molecule has 1 unspecified atom stereocenters. The monoisotopic (exact) mass is 225 g/mol. The number of nitrogens with zero attached hydrogens (tertiary/aromatic N) is 1. The van der Waals surface area contributed by atoms with Gasteiger partial charge in [-0.2, -0.15) is 0 Å². The first-order chi connectivity index (χ1) is 7.54. The van der Waals surface area contributed by atoms with E-state index in [1.165, 1.54) is 12.1 Å².